The van der Waals surface area contributed by atoms with Gasteiger partial charge in [0.25, 0.3) is 0 Å². The zero-order valence-electron chi connectivity index (χ0n) is 14.7. The fourth-order valence-electron chi connectivity index (χ4n) is 4.08. The predicted octanol–water partition coefficient (Wildman–Crippen LogP) is 5.81. The number of phenolic OH excluding ortho intramolecular Hbond substituents is 1. The molecule has 1 aliphatic rings. The van der Waals surface area contributed by atoms with Crippen LogP contribution in [0.25, 0.3) is 11.1 Å². The molecule has 0 heterocycles. The van der Waals surface area contributed by atoms with Gasteiger partial charge in [-0.3, -0.25) is 0 Å². The van der Waals surface area contributed by atoms with Crippen molar-refractivity contribution in [3.05, 3.63) is 83.2 Å². The van der Waals surface area contributed by atoms with Crippen LogP contribution in [0.2, 0.25) is 0 Å². The van der Waals surface area contributed by atoms with E-state index >= 15 is 0 Å². The Bertz CT molecular complexity index is 949. The average Bonchev–Trinajstić information content (AvgIpc) is 3.02. The van der Waals surface area contributed by atoms with Crippen molar-refractivity contribution < 1.29 is 9.50 Å². The molecule has 132 valence electrons. The zero-order chi connectivity index (χ0) is 18.3. The van der Waals surface area contributed by atoms with Gasteiger partial charge in [0, 0.05) is 11.6 Å². The second-order valence-corrected chi connectivity index (χ2v) is 7.07. The molecule has 2 nitrogen and oxygen atoms in total. The third-order valence-electron chi connectivity index (χ3n) is 5.53. The number of nitrogen functional groups attached to an aromatic ring is 1. The molecule has 3 heteroatoms. The van der Waals surface area contributed by atoms with E-state index in [2.05, 4.69) is 31.2 Å². The number of nitrogens with two attached hydrogens (primary N) is 1. The molecule has 2 atom stereocenters. The lowest BCUT2D eigenvalue weighted by molar-refractivity contribution is 0.432. The van der Waals surface area contributed by atoms with Crippen molar-refractivity contribution in [3.8, 4) is 16.9 Å². The normalized spacial score (nSPS) is 18.7. The van der Waals surface area contributed by atoms with E-state index in [0.29, 0.717) is 11.8 Å². The minimum Gasteiger partial charge on any atom is -0.505 e. The smallest absolute Gasteiger partial charge is 0.165 e. The monoisotopic (exact) mass is 347 g/mol. The van der Waals surface area contributed by atoms with Gasteiger partial charge in [-0.2, -0.15) is 0 Å². The molecular formula is C23H22FNO. The summed E-state index contributed by atoms with van der Waals surface area (Å²) in [6.45, 7) is 2.21. The summed E-state index contributed by atoms with van der Waals surface area (Å²) in [5.74, 6) is -0.0323. The van der Waals surface area contributed by atoms with E-state index in [1.807, 2.05) is 18.2 Å². The van der Waals surface area contributed by atoms with Crippen molar-refractivity contribution in [2.45, 2.75) is 31.6 Å². The molecule has 3 aromatic carbocycles. The number of rotatable bonds is 3. The third kappa shape index (κ3) is 2.84. The van der Waals surface area contributed by atoms with Gasteiger partial charge in [0.2, 0.25) is 0 Å². The lowest BCUT2D eigenvalue weighted by Crippen LogP contribution is -1.97. The van der Waals surface area contributed by atoms with Crippen LogP contribution >= 0.6 is 0 Å². The zero-order valence-corrected chi connectivity index (χ0v) is 14.7. The predicted molar refractivity (Wildman–Crippen MR) is 104 cm³/mol. The van der Waals surface area contributed by atoms with Crippen LogP contribution in [0.5, 0.6) is 5.75 Å². The number of benzene rings is 3. The van der Waals surface area contributed by atoms with Gasteiger partial charge in [0.05, 0.1) is 0 Å². The summed E-state index contributed by atoms with van der Waals surface area (Å²) in [6.07, 6.45) is 2.16. The SMILES string of the molecule is CCC1CC(c2ccc(N)cc2)c2ccc(-c3ccc(O)c(F)c3)cc21. The minimum atomic E-state index is -0.588. The second-order valence-electron chi connectivity index (χ2n) is 7.07. The largest absolute Gasteiger partial charge is 0.505 e. The summed E-state index contributed by atoms with van der Waals surface area (Å²) >= 11 is 0. The van der Waals surface area contributed by atoms with E-state index in [-0.39, 0.29) is 5.75 Å². The topological polar surface area (TPSA) is 46.2 Å². The number of fused-ring (bicyclic) bond motifs is 1. The number of hydrogen-bond acceptors (Lipinski definition) is 2. The first kappa shape index (κ1) is 16.6. The van der Waals surface area contributed by atoms with E-state index < -0.39 is 5.82 Å². The number of phenols is 1. The van der Waals surface area contributed by atoms with E-state index in [4.69, 9.17) is 5.73 Å². The summed E-state index contributed by atoms with van der Waals surface area (Å²) in [5, 5.41) is 9.42. The lowest BCUT2D eigenvalue weighted by atomic mass is 9.91. The van der Waals surface area contributed by atoms with Crippen LogP contribution in [0.15, 0.2) is 60.7 Å². The Morgan fingerprint density at radius 3 is 2.35 bits per heavy atom. The average molecular weight is 347 g/mol. The Morgan fingerprint density at radius 1 is 0.962 bits per heavy atom. The standard InChI is InChI=1S/C23H22FNO/c1-2-14-11-21(15-3-7-18(25)8-4-15)19-9-5-16(12-20(14)19)17-6-10-23(26)22(24)13-17/h3-10,12-14,21,26H,2,11,25H2,1H3. The van der Waals surface area contributed by atoms with Gasteiger partial charge in [-0.1, -0.05) is 43.3 Å². The molecule has 4 rings (SSSR count). The highest BCUT2D eigenvalue weighted by Crippen LogP contribution is 2.47. The molecule has 0 radical (unpaired) electrons. The van der Waals surface area contributed by atoms with Crippen LogP contribution in [-0.4, -0.2) is 5.11 Å². The molecule has 0 saturated carbocycles. The van der Waals surface area contributed by atoms with Crippen LogP contribution in [0.1, 0.15) is 48.3 Å². The van der Waals surface area contributed by atoms with Gasteiger partial charge >= 0.3 is 0 Å². The highest BCUT2D eigenvalue weighted by Gasteiger charge is 2.31. The molecule has 26 heavy (non-hydrogen) atoms. The maximum atomic E-state index is 13.7. The van der Waals surface area contributed by atoms with Gasteiger partial charge in [0.1, 0.15) is 0 Å². The third-order valence-corrected chi connectivity index (χ3v) is 5.53. The maximum absolute atomic E-state index is 13.7. The van der Waals surface area contributed by atoms with E-state index in [1.54, 1.807) is 6.07 Å². The quantitative estimate of drug-likeness (QED) is 0.587. The van der Waals surface area contributed by atoms with Gasteiger partial charge in [-0.05, 0) is 70.8 Å². The van der Waals surface area contributed by atoms with Crippen molar-refractivity contribution in [3.63, 3.8) is 0 Å². The summed E-state index contributed by atoms with van der Waals surface area (Å²) < 4.78 is 13.7. The first-order valence-electron chi connectivity index (χ1n) is 9.05. The van der Waals surface area contributed by atoms with Crippen LogP contribution in [0.4, 0.5) is 10.1 Å². The van der Waals surface area contributed by atoms with Crippen LogP contribution in [0.3, 0.4) is 0 Å². The first-order chi connectivity index (χ1) is 12.6. The van der Waals surface area contributed by atoms with Crippen molar-refractivity contribution in [2.24, 2.45) is 0 Å². The first-order valence-corrected chi connectivity index (χ1v) is 9.05. The Hall–Kier alpha value is -2.81. The number of anilines is 1. The van der Waals surface area contributed by atoms with E-state index in [0.717, 1.165) is 29.7 Å². The molecule has 0 bridgehead atoms. The molecule has 1 aliphatic carbocycles. The Balaban J connectivity index is 1.76. The number of aromatic hydroxyl groups is 1. The van der Waals surface area contributed by atoms with Gasteiger partial charge in [0.15, 0.2) is 11.6 Å². The Labute approximate surface area is 153 Å². The van der Waals surface area contributed by atoms with Gasteiger partial charge in [-0.25, -0.2) is 4.39 Å². The molecule has 3 N–H and O–H groups in total. The number of hydrogen-bond donors (Lipinski definition) is 2. The summed E-state index contributed by atoms with van der Waals surface area (Å²) in [7, 11) is 0. The van der Waals surface area contributed by atoms with Crippen molar-refractivity contribution in [1.29, 1.82) is 0 Å². The minimum absolute atomic E-state index is 0.315. The fourth-order valence-corrected chi connectivity index (χ4v) is 4.08. The second kappa shape index (κ2) is 6.49. The molecule has 0 saturated heterocycles. The maximum Gasteiger partial charge on any atom is 0.165 e. The summed E-state index contributed by atoms with van der Waals surface area (Å²) in [6, 6.07) is 19.1. The Morgan fingerprint density at radius 2 is 1.65 bits per heavy atom. The fraction of sp³-hybridized carbons (Fsp3) is 0.217. The molecule has 0 aromatic heterocycles. The van der Waals surface area contributed by atoms with Crippen LogP contribution in [0, 0.1) is 5.82 Å². The van der Waals surface area contributed by atoms with Crippen molar-refractivity contribution >= 4 is 5.69 Å². The lowest BCUT2D eigenvalue weighted by Gasteiger charge is -2.13. The molecule has 0 aliphatic heterocycles. The van der Waals surface area contributed by atoms with Crippen LogP contribution < -0.4 is 5.73 Å². The number of halogens is 1. The van der Waals surface area contributed by atoms with Gasteiger partial charge in [-0.15, -0.1) is 0 Å². The highest BCUT2D eigenvalue weighted by molar-refractivity contribution is 5.67. The van der Waals surface area contributed by atoms with E-state index in [1.165, 1.54) is 28.8 Å². The van der Waals surface area contributed by atoms with Crippen molar-refractivity contribution in [2.75, 3.05) is 5.73 Å². The van der Waals surface area contributed by atoms with Crippen LogP contribution in [-0.2, 0) is 0 Å². The molecule has 3 aromatic rings. The van der Waals surface area contributed by atoms with E-state index in [9.17, 15) is 9.50 Å². The van der Waals surface area contributed by atoms with Crippen molar-refractivity contribution in [1.82, 2.24) is 0 Å². The molecule has 0 spiro atoms. The Kier molecular flexibility index (Phi) is 4.15. The molecule has 0 amide bonds. The summed E-state index contributed by atoms with van der Waals surface area (Å²) in [4.78, 5) is 0. The highest BCUT2D eigenvalue weighted by atomic mass is 19.1. The molecule has 0 fully saturated rings. The summed E-state index contributed by atoms with van der Waals surface area (Å²) in [5.41, 5.74) is 12.4. The molecular weight excluding hydrogens is 325 g/mol. The van der Waals surface area contributed by atoms with Gasteiger partial charge < -0.3 is 10.8 Å². The molecule has 2 unspecified atom stereocenters.